The SMILES string of the molecule is Cc1ccc(/C=C/S(=O)(=O)N(C)CC2(O)CCCC2)cc1. The van der Waals surface area contributed by atoms with E-state index in [2.05, 4.69) is 0 Å². The van der Waals surface area contributed by atoms with Gasteiger partial charge in [-0.25, -0.2) is 8.42 Å². The molecule has 0 atom stereocenters. The van der Waals surface area contributed by atoms with E-state index < -0.39 is 15.6 Å². The molecule has 1 fully saturated rings. The lowest BCUT2D eigenvalue weighted by molar-refractivity contribution is 0.0336. The molecule has 0 bridgehead atoms. The fourth-order valence-electron chi connectivity index (χ4n) is 2.64. The molecular weight excluding hydrogens is 286 g/mol. The number of aliphatic hydroxyl groups is 1. The molecule has 116 valence electrons. The van der Waals surface area contributed by atoms with Gasteiger partial charge < -0.3 is 5.11 Å². The molecular formula is C16H23NO3S. The van der Waals surface area contributed by atoms with Gasteiger partial charge in [0.2, 0.25) is 10.0 Å². The fraction of sp³-hybridized carbons (Fsp3) is 0.500. The summed E-state index contributed by atoms with van der Waals surface area (Å²) in [7, 11) is -1.98. The van der Waals surface area contributed by atoms with Crippen LogP contribution in [0.3, 0.4) is 0 Å². The second-order valence-electron chi connectivity index (χ2n) is 5.95. The maximum Gasteiger partial charge on any atom is 0.236 e. The van der Waals surface area contributed by atoms with Crippen LogP contribution in [0.1, 0.15) is 36.8 Å². The average Bonchev–Trinajstić information content (AvgIpc) is 2.84. The van der Waals surface area contributed by atoms with Gasteiger partial charge in [0.15, 0.2) is 0 Å². The molecule has 5 heteroatoms. The summed E-state index contributed by atoms with van der Waals surface area (Å²) in [4.78, 5) is 0. The van der Waals surface area contributed by atoms with E-state index in [9.17, 15) is 13.5 Å². The Morgan fingerprint density at radius 2 is 1.81 bits per heavy atom. The lowest BCUT2D eigenvalue weighted by Crippen LogP contribution is -2.41. The first-order chi connectivity index (χ1) is 9.81. The number of likely N-dealkylation sites (N-methyl/N-ethyl adjacent to an activating group) is 1. The van der Waals surface area contributed by atoms with Gasteiger partial charge in [-0.3, -0.25) is 0 Å². The number of rotatable bonds is 5. The zero-order valence-corrected chi connectivity index (χ0v) is 13.4. The van der Waals surface area contributed by atoms with Crippen molar-refractivity contribution >= 4 is 16.1 Å². The molecule has 4 nitrogen and oxygen atoms in total. The van der Waals surface area contributed by atoms with Gasteiger partial charge in [0, 0.05) is 19.0 Å². The zero-order chi connectivity index (χ0) is 15.5. The Morgan fingerprint density at radius 3 is 2.38 bits per heavy atom. The van der Waals surface area contributed by atoms with Crippen molar-refractivity contribution in [2.24, 2.45) is 0 Å². The Bertz CT molecular complexity index is 599. The third-order valence-electron chi connectivity index (χ3n) is 4.00. The lowest BCUT2D eigenvalue weighted by Gasteiger charge is -2.27. The molecule has 1 aliphatic rings. The Hall–Kier alpha value is -1.17. The number of benzene rings is 1. The van der Waals surface area contributed by atoms with E-state index >= 15 is 0 Å². The van der Waals surface area contributed by atoms with E-state index in [-0.39, 0.29) is 6.54 Å². The molecule has 0 aromatic heterocycles. The normalized spacial score (nSPS) is 18.7. The van der Waals surface area contributed by atoms with Crippen molar-refractivity contribution in [3.8, 4) is 0 Å². The van der Waals surface area contributed by atoms with E-state index in [0.29, 0.717) is 12.8 Å². The molecule has 0 unspecified atom stereocenters. The van der Waals surface area contributed by atoms with Crippen molar-refractivity contribution in [3.05, 3.63) is 40.8 Å². The predicted molar refractivity (Wildman–Crippen MR) is 85.2 cm³/mol. The van der Waals surface area contributed by atoms with Gasteiger partial charge >= 0.3 is 0 Å². The van der Waals surface area contributed by atoms with Crippen molar-refractivity contribution in [1.29, 1.82) is 0 Å². The van der Waals surface area contributed by atoms with Crippen LogP contribution in [0.5, 0.6) is 0 Å². The predicted octanol–water partition coefficient (Wildman–Crippen LogP) is 2.53. The topological polar surface area (TPSA) is 57.6 Å². The second kappa shape index (κ2) is 6.30. The number of nitrogens with zero attached hydrogens (tertiary/aromatic N) is 1. The summed E-state index contributed by atoms with van der Waals surface area (Å²) in [5, 5.41) is 11.5. The van der Waals surface area contributed by atoms with Crippen LogP contribution in [0.4, 0.5) is 0 Å². The van der Waals surface area contributed by atoms with Crippen molar-refractivity contribution in [2.75, 3.05) is 13.6 Å². The van der Waals surface area contributed by atoms with Crippen LogP contribution >= 0.6 is 0 Å². The first kappa shape index (κ1) is 16.2. The van der Waals surface area contributed by atoms with Gasteiger partial charge in [0.1, 0.15) is 0 Å². The summed E-state index contributed by atoms with van der Waals surface area (Å²) in [6.45, 7) is 2.15. The standard InChI is InChI=1S/C16H23NO3S/c1-14-5-7-15(8-6-14)9-12-21(19,20)17(2)13-16(18)10-3-4-11-16/h5-9,12,18H,3-4,10-11,13H2,1-2H3/b12-9+. The average molecular weight is 309 g/mol. The molecule has 21 heavy (non-hydrogen) atoms. The van der Waals surface area contributed by atoms with Crippen LogP contribution < -0.4 is 0 Å². The van der Waals surface area contributed by atoms with Gasteiger partial charge in [-0.05, 0) is 31.4 Å². The summed E-state index contributed by atoms with van der Waals surface area (Å²) < 4.78 is 25.7. The van der Waals surface area contributed by atoms with E-state index in [1.807, 2.05) is 31.2 Å². The number of hydrogen-bond acceptors (Lipinski definition) is 3. The maximum atomic E-state index is 12.2. The molecule has 2 rings (SSSR count). The second-order valence-corrected chi connectivity index (χ2v) is 7.87. The number of aryl methyl sites for hydroxylation is 1. The number of sulfonamides is 1. The highest BCUT2D eigenvalue weighted by molar-refractivity contribution is 7.92. The quantitative estimate of drug-likeness (QED) is 0.909. The fourth-order valence-corrected chi connectivity index (χ4v) is 3.60. The van der Waals surface area contributed by atoms with Gasteiger partial charge in [-0.15, -0.1) is 0 Å². The summed E-state index contributed by atoms with van der Waals surface area (Å²) in [6.07, 6.45) is 4.86. The molecule has 1 N–H and O–H groups in total. The third kappa shape index (κ3) is 4.40. The maximum absolute atomic E-state index is 12.2. The molecule has 0 radical (unpaired) electrons. The van der Waals surface area contributed by atoms with Gasteiger partial charge in [0.05, 0.1) is 5.60 Å². The van der Waals surface area contributed by atoms with Crippen LogP contribution in [-0.2, 0) is 10.0 Å². The molecule has 1 saturated carbocycles. The van der Waals surface area contributed by atoms with E-state index in [4.69, 9.17) is 0 Å². The third-order valence-corrected chi connectivity index (χ3v) is 5.47. The van der Waals surface area contributed by atoms with Crippen molar-refractivity contribution in [2.45, 2.75) is 38.2 Å². The highest BCUT2D eigenvalue weighted by Gasteiger charge is 2.34. The molecule has 1 aliphatic carbocycles. The minimum Gasteiger partial charge on any atom is -0.389 e. The molecule has 0 aliphatic heterocycles. The molecule has 0 amide bonds. The van der Waals surface area contributed by atoms with Crippen LogP contribution in [0.25, 0.3) is 6.08 Å². The first-order valence-electron chi connectivity index (χ1n) is 7.24. The minimum absolute atomic E-state index is 0.160. The highest BCUT2D eigenvalue weighted by atomic mass is 32.2. The molecule has 0 spiro atoms. The molecule has 0 heterocycles. The summed E-state index contributed by atoms with van der Waals surface area (Å²) in [5.74, 6) is 0. The van der Waals surface area contributed by atoms with Crippen molar-refractivity contribution in [3.63, 3.8) is 0 Å². The van der Waals surface area contributed by atoms with Crippen molar-refractivity contribution in [1.82, 2.24) is 4.31 Å². The molecule has 0 saturated heterocycles. The smallest absolute Gasteiger partial charge is 0.236 e. The highest BCUT2D eigenvalue weighted by Crippen LogP contribution is 2.30. The molecule has 1 aromatic carbocycles. The van der Waals surface area contributed by atoms with Gasteiger partial charge in [-0.2, -0.15) is 4.31 Å². The zero-order valence-electron chi connectivity index (χ0n) is 12.6. The Morgan fingerprint density at radius 1 is 1.24 bits per heavy atom. The Kier molecular flexibility index (Phi) is 4.86. The van der Waals surface area contributed by atoms with Gasteiger partial charge in [0.25, 0.3) is 0 Å². The van der Waals surface area contributed by atoms with E-state index in [1.54, 1.807) is 6.08 Å². The van der Waals surface area contributed by atoms with Crippen LogP contribution in [0.2, 0.25) is 0 Å². The van der Waals surface area contributed by atoms with Crippen LogP contribution in [0.15, 0.2) is 29.7 Å². The minimum atomic E-state index is -3.50. The number of hydrogen-bond donors (Lipinski definition) is 1. The summed E-state index contributed by atoms with van der Waals surface area (Å²) >= 11 is 0. The Balaban J connectivity index is 2.05. The van der Waals surface area contributed by atoms with Crippen LogP contribution in [-0.4, -0.2) is 37.0 Å². The van der Waals surface area contributed by atoms with Crippen molar-refractivity contribution < 1.29 is 13.5 Å². The van der Waals surface area contributed by atoms with Gasteiger partial charge in [-0.1, -0.05) is 42.7 Å². The lowest BCUT2D eigenvalue weighted by atomic mass is 10.0. The molecule has 1 aromatic rings. The summed E-state index contributed by atoms with van der Waals surface area (Å²) in [6, 6.07) is 7.65. The van der Waals surface area contributed by atoms with Crippen LogP contribution in [0, 0.1) is 6.92 Å². The first-order valence-corrected chi connectivity index (χ1v) is 8.75. The monoisotopic (exact) mass is 309 g/mol. The van der Waals surface area contributed by atoms with E-state index in [0.717, 1.165) is 24.0 Å². The summed E-state index contributed by atoms with van der Waals surface area (Å²) in [5.41, 5.74) is 1.12. The largest absolute Gasteiger partial charge is 0.389 e. The van der Waals surface area contributed by atoms with E-state index in [1.165, 1.54) is 16.8 Å². The Labute approximate surface area is 127 Å².